The van der Waals surface area contributed by atoms with Gasteiger partial charge in [0.1, 0.15) is 0 Å². The van der Waals surface area contributed by atoms with Crippen LogP contribution in [0.15, 0.2) is 59.1 Å². The van der Waals surface area contributed by atoms with E-state index in [1.165, 1.54) is 0 Å². The van der Waals surface area contributed by atoms with Crippen molar-refractivity contribution in [3.8, 4) is 11.4 Å². The Morgan fingerprint density at radius 3 is 2.52 bits per heavy atom. The van der Waals surface area contributed by atoms with E-state index in [0.717, 1.165) is 23.2 Å². The van der Waals surface area contributed by atoms with Crippen molar-refractivity contribution < 1.29 is 18.8 Å². The number of nitrogens with one attached hydrogen (secondary N) is 1. The van der Waals surface area contributed by atoms with Gasteiger partial charge in [0, 0.05) is 17.7 Å². The number of aromatic nitrogens is 2. The number of anilines is 1. The number of aryl methyl sites for hydroxylation is 1. The summed E-state index contributed by atoms with van der Waals surface area (Å²) in [5, 5.41) is 6.80. The summed E-state index contributed by atoms with van der Waals surface area (Å²) in [4.78, 5) is 29.0. The van der Waals surface area contributed by atoms with Crippen molar-refractivity contribution in [2.24, 2.45) is 0 Å². The van der Waals surface area contributed by atoms with E-state index in [9.17, 15) is 9.59 Å². The lowest BCUT2D eigenvalue weighted by Gasteiger charge is -2.18. The number of carbonyl (C=O) groups is 2. The molecule has 1 heterocycles. The number of amides is 1. The molecule has 2 aromatic carbocycles. The van der Waals surface area contributed by atoms with Crippen molar-refractivity contribution in [2.45, 2.75) is 52.1 Å². The van der Waals surface area contributed by atoms with E-state index in [1.54, 1.807) is 6.92 Å². The molecule has 0 spiro atoms. The van der Waals surface area contributed by atoms with Crippen LogP contribution < -0.4 is 5.32 Å². The zero-order chi connectivity index (χ0) is 22.2. The standard InChI is InChI=1S/C24H27N3O4/c1-4-16(2)19-12-8-9-13-20(19)25-24(29)17(3)30-22(28)15-14-21-26-23(27-31-21)18-10-6-5-7-11-18/h5-13,16-17H,4,14-15H2,1-3H3,(H,25,29). The predicted molar refractivity (Wildman–Crippen MR) is 117 cm³/mol. The zero-order valence-corrected chi connectivity index (χ0v) is 18.0. The molecule has 7 heteroatoms. The maximum absolute atomic E-state index is 12.5. The highest BCUT2D eigenvalue weighted by Gasteiger charge is 2.20. The molecule has 1 aromatic heterocycles. The average molecular weight is 421 g/mol. The molecule has 31 heavy (non-hydrogen) atoms. The summed E-state index contributed by atoms with van der Waals surface area (Å²) in [5.74, 6) is 0.252. The van der Waals surface area contributed by atoms with Crippen LogP contribution in [-0.4, -0.2) is 28.1 Å². The van der Waals surface area contributed by atoms with Crippen molar-refractivity contribution >= 4 is 17.6 Å². The lowest BCUT2D eigenvalue weighted by Crippen LogP contribution is -2.30. The minimum atomic E-state index is -0.917. The van der Waals surface area contributed by atoms with Gasteiger partial charge in [0.05, 0.1) is 6.42 Å². The van der Waals surface area contributed by atoms with Gasteiger partial charge >= 0.3 is 5.97 Å². The van der Waals surface area contributed by atoms with Gasteiger partial charge in [-0.2, -0.15) is 4.98 Å². The Hall–Kier alpha value is -3.48. The summed E-state index contributed by atoms with van der Waals surface area (Å²) in [6, 6.07) is 17.1. The molecule has 2 unspecified atom stereocenters. The molecule has 0 bridgehead atoms. The lowest BCUT2D eigenvalue weighted by molar-refractivity contribution is -0.153. The smallest absolute Gasteiger partial charge is 0.307 e. The average Bonchev–Trinajstić information content (AvgIpc) is 3.27. The SMILES string of the molecule is CCC(C)c1ccccc1NC(=O)C(C)OC(=O)CCc1nc(-c2ccccc2)no1. The van der Waals surface area contributed by atoms with Crippen LogP contribution >= 0.6 is 0 Å². The van der Waals surface area contributed by atoms with Crippen molar-refractivity contribution in [2.75, 3.05) is 5.32 Å². The normalized spacial score (nSPS) is 12.7. The number of benzene rings is 2. The molecular weight excluding hydrogens is 394 g/mol. The molecule has 1 amide bonds. The molecule has 0 saturated heterocycles. The maximum atomic E-state index is 12.5. The highest BCUT2D eigenvalue weighted by molar-refractivity contribution is 5.95. The number of esters is 1. The van der Waals surface area contributed by atoms with E-state index in [0.29, 0.717) is 17.6 Å². The lowest BCUT2D eigenvalue weighted by atomic mass is 9.97. The van der Waals surface area contributed by atoms with E-state index in [-0.39, 0.29) is 18.7 Å². The molecule has 0 aliphatic heterocycles. The van der Waals surface area contributed by atoms with Gasteiger partial charge in [0.2, 0.25) is 11.7 Å². The highest BCUT2D eigenvalue weighted by atomic mass is 16.5. The molecule has 3 rings (SSSR count). The third kappa shape index (κ3) is 6.01. The Morgan fingerprint density at radius 2 is 1.77 bits per heavy atom. The van der Waals surface area contributed by atoms with Crippen molar-refractivity contribution in [1.29, 1.82) is 0 Å². The first-order valence-corrected chi connectivity index (χ1v) is 10.4. The second-order valence-corrected chi connectivity index (χ2v) is 7.40. The molecule has 162 valence electrons. The van der Waals surface area contributed by atoms with E-state index in [2.05, 4.69) is 29.3 Å². The van der Waals surface area contributed by atoms with Crippen LogP contribution in [-0.2, 0) is 20.7 Å². The molecule has 0 saturated carbocycles. The van der Waals surface area contributed by atoms with E-state index in [4.69, 9.17) is 9.26 Å². The van der Waals surface area contributed by atoms with Gasteiger partial charge in [0.15, 0.2) is 6.10 Å². The first-order valence-electron chi connectivity index (χ1n) is 10.4. The molecule has 0 fully saturated rings. The Kier molecular flexibility index (Phi) is 7.54. The second-order valence-electron chi connectivity index (χ2n) is 7.40. The predicted octanol–water partition coefficient (Wildman–Crippen LogP) is 4.75. The minimum Gasteiger partial charge on any atom is -0.453 e. The highest BCUT2D eigenvalue weighted by Crippen LogP contribution is 2.26. The third-order valence-electron chi connectivity index (χ3n) is 5.08. The van der Waals surface area contributed by atoms with Crippen LogP contribution in [0.2, 0.25) is 0 Å². The minimum absolute atomic E-state index is 0.0392. The summed E-state index contributed by atoms with van der Waals surface area (Å²) < 4.78 is 10.5. The summed E-state index contributed by atoms with van der Waals surface area (Å²) in [7, 11) is 0. The van der Waals surface area contributed by atoms with E-state index >= 15 is 0 Å². The summed E-state index contributed by atoms with van der Waals surface area (Å²) in [6.45, 7) is 5.76. The molecular formula is C24H27N3O4. The number of rotatable bonds is 9. The maximum Gasteiger partial charge on any atom is 0.307 e. The number of para-hydroxylation sites is 1. The van der Waals surface area contributed by atoms with Gasteiger partial charge in [-0.1, -0.05) is 67.5 Å². The van der Waals surface area contributed by atoms with Crippen LogP contribution in [0.3, 0.4) is 0 Å². The number of nitrogens with zero attached hydrogens (tertiary/aromatic N) is 2. The van der Waals surface area contributed by atoms with Gasteiger partial charge in [-0.05, 0) is 30.9 Å². The van der Waals surface area contributed by atoms with Gasteiger partial charge in [-0.3, -0.25) is 9.59 Å². The van der Waals surface area contributed by atoms with Crippen molar-refractivity contribution in [3.05, 3.63) is 66.1 Å². The fourth-order valence-electron chi connectivity index (χ4n) is 3.07. The van der Waals surface area contributed by atoms with Crippen molar-refractivity contribution in [3.63, 3.8) is 0 Å². The summed E-state index contributed by atoms with van der Waals surface area (Å²) in [6.07, 6.45) is 0.320. The largest absolute Gasteiger partial charge is 0.453 e. The van der Waals surface area contributed by atoms with Gasteiger partial charge in [-0.25, -0.2) is 0 Å². The van der Waals surface area contributed by atoms with Gasteiger partial charge < -0.3 is 14.6 Å². The van der Waals surface area contributed by atoms with Crippen molar-refractivity contribution in [1.82, 2.24) is 10.1 Å². The molecule has 0 aliphatic carbocycles. The Bertz CT molecular complexity index is 1020. The third-order valence-corrected chi connectivity index (χ3v) is 5.08. The van der Waals surface area contributed by atoms with Crippen LogP contribution in [0.4, 0.5) is 5.69 Å². The van der Waals surface area contributed by atoms with Gasteiger partial charge in [-0.15, -0.1) is 0 Å². The van der Waals surface area contributed by atoms with Gasteiger partial charge in [0.25, 0.3) is 5.91 Å². The Labute approximate surface area is 181 Å². The monoisotopic (exact) mass is 421 g/mol. The summed E-state index contributed by atoms with van der Waals surface area (Å²) in [5.41, 5.74) is 2.63. The molecule has 3 aromatic rings. The number of hydrogen-bond acceptors (Lipinski definition) is 6. The number of hydrogen-bond donors (Lipinski definition) is 1. The van der Waals surface area contributed by atoms with Crippen LogP contribution in [0.1, 0.15) is 51.0 Å². The topological polar surface area (TPSA) is 94.3 Å². The molecule has 0 radical (unpaired) electrons. The number of ether oxygens (including phenoxy) is 1. The second kappa shape index (κ2) is 10.5. The fourth-order valence-corrected chi connectivity index (χ4v) is 3.07. The Balaban J connectivity index is 1.51. The van der Waals surface area contributed by atoms with E-state index < -0.39 is 12.1 Å². The zero-order valence-electron chi connectivity index (χ0n) is 18.0. The number of carbonyl (C=O) groups excluding carboxylic acids is 2. The molecule has 2 atom stereocenters. The first-order chi connectivity index (χ1) is 15.0. The first kappa shape index (κ1) is 22.2. The molecule has 0 aliphatic rings. The molecule has 7 nitrogen and oxygen atoms in total. The quantitative estimate of drug-likeness (QED) is 0.501. The van der Waals surface area contributed by atoms with Crippen LogP contribution in [0, 0.1) is 0 Å². The van der Waals surface area contributed by atoms with E-state index in [1.807, 2.05) is 54.6 Å². The summed E-state index contributed by atoms with van der Waals surface area (Å²) >= 11 is 0. The molecule has 1 N–H and O–H groups in total. The Morgan fingerprint density at radius 1 is 1.06 bits per heavy atom. The van der Waals surface area contributed by atoms with Crippen LogP contribution in [0.25, 0.3) is 11.4 Å². The van der Waals surface area contributed by atoms with Crippen LogP contribution in [0.5, 0.6) is 0 Å². The fraction of sp³-hybridized carbons (Fsp3) is 0.333.